The van der Waals surface area contributed by atoms with Gasteiger partial charge in [0.1, 0.15) is 0 Å². The van der Waals surface area contributed by atoms with Crippen LogP contribution in [-0.2, 0) is 13.0 Å². The highest BCUT2D eigenvalue weighted by atomic mass is 15.2. The Labute approximate surface area is 103 Å². The molecule has 1 fully saturated rings. The fourth-order valence-corrected chi connectivity index (χ4v) is 3.16. The lowest BCUT2D eigenvalue weighted by atomic mass is 9.97. The van der Waals surface area contributed by atoms with Gasteiger partial charge in [0.15, 0.2) is 0 Å². The second-order valence-electron chi connectivity index (χ2n) is 5.31. The van der Waals surface area contributed by atoms with Crippen molar-refractivity contribution >= 4 is 5.84 Å². The van der Waals surface area contributed by atoms with E-state index in [0.717, 1.165) is 25.3 Å². The normalized spacial score (nSPS) is 20.4. The first-order valence-corrected chi connectivity index (χ1v) is 6.75. The molecule has 1 N–H and O–H groups in total. The van der Waals surface area contributed by atoms with Crippen molar-refractivity contribution in [3.63, 3.8) is 0 Å². The first-order valence-electron chi connectivity index (χ1n) is 6.75. The van der Waals surface area contributed by atoms with Crippen molar-refractivity contribution in [2.45, 2.75) is 38.6 Å². The third-order valence-corrected chi connectivity index (χ3v) is 4.21. The van der Waals surface area contributed by atoms with E-state index < -0.39 is 0 Å². The van der Waals surface area contributed by atoms with E-state index in [9.17, 15) is 0 Å². The second-order valence-corrected chi connectivity index (χ2v) is 5.31. The molecule has 17 heavy (non-hydrogen) atoms. The minimum atomic E-state index is 0.542. The monoisotopic (exact) mass is 228 g/mol. The fraction of sp³-hybridized carbons (Fsp3) is 0.533. The number of rotatable bonds is 1. The number of hydrogen-bond donors (Lipinski definition) is 1. The van der Waals surface area contributed by atoms with Crippen LogP contribution in [0.15, 0.2) is 24.3 Å². The topological polar surface area (TPSA) is 27.1 Å². The molecule has 0 atom stereocenters. The van der Waals surface area contributed by atoms with Crippen LogP contribution in [0.4, 0.5) is 0 Å². The Morgan fingerprint density at radius 2 is 1.82 bits per heavy atom. The van der Waals surface area contributed by atoms with Crippen LogP contribution in [0.5, 0.6) is 0 Å². The number of nitrogens with one attached hydrogen (secondary N) is 1. The van der Waals surface area contributed by atoms with Crippen LogP contribution in [0.25, 0.3) is 0 Å². The molecule has 0 amide bonds. The number of amidine groups is 1. The highest BCUT2D eigenvalue weighted by Gasteiger charge is 2.26. The summed E-state index contributed by atoms with van der Waals surface area (Å²) < 4.78 is 0. The minimum Gasteiger partial charge on any atom is -0.356 e. The van der Waals surface area contributed by atoms with Crippen molar-refractivity contribution < 1.29 is 0 Å². The molecule has 3 rings (SSSR count). The van der Waals surface area contributed by atoms with E-state index in [2.05, 4.69) is 29.2 Å². The summed E-state index contributed by atoms with van der Waals surface area (Å²) in [6.07, 6.45) is 6.20. The van der Waals surface area contributed by atoms with Crippen molar-refractivity contribution in [1.82, 2.24) is 4.90 Å². The van der Waals surface area contributed by atoms with Gasteiger partial charge in [-0.3, -0.25) is 5.41 Å². The summed E-state index contributed by atoms with van der Waals surface area (Å²) >= 11 is 0. The highest BCUT2D eigenvalue weighted by Crippen LogP contribution is 2.29. The van der Waals surface area contributed by atoms with E-state index in [-0.39, 0.29) is 0 Å². The minimum absolute atomic E-state index is 0.542. The zero-order chi connectivity index (χ0) is 11.7. The van der Waals surface area contributed by atoms with Gasteiger partial charge in [0.05, 0.1) is 5.84 Å². The van der Waals surface area contributed by atoms with Gasteiger partial charge in [0.25, 0.3) is 0 Å². The molecule has 1 aliphatic carbocycles. The number of nitrogens with zero attached hydrogens (tertiary/aromatic N) is 1. The predicted octanol–water partition coefficient (Wildman–Crippen LogP) is 3.21. The van der Waals surface area contributed by atoms with E-state index in [1.165, 1.54) is 36.8 Å². The molecule has 0 saturated heterocycles. The average molecular weight is 228 g/mol. The average Bonchev–Trinajstić information content (AvgIpc) is 2.91. The Bertz CT molecular complexity index is 419. The SMILES string of the molecule is N=C(C1CCCC1)N1CCc2ccccc2C1. The van der Waals surface area contributed by atoms with Crippen LogP contribution in [0, 0.1) is 11.3 Å². The van der Waals surface area contributed by atoms with E-state index in [4.69, 9.17) is 5.41 Å². The molecule has 2 aliphatic rings. The van der Waals surface area contributed by atoms with Gasteiger partial charge in [-0.25, -0.2) is 0 Å². The Kier molecular flexibility index (Phi) is 2.87. The van der Waals surface area contributed by atoms with Crippen molar-refractivity contribution in [1.29, 1.82) is 5.41 Å². The largest absolute Gasteiger partial charge is 0.356 e. The van der Waals surface area contributed by atoms with E-state index in [1.807, 2.05) is 0 Å². The molecule has 1 saturated carbocycles. The van der Waals surface area contributed by atoms with Gasteiger partial charge in [0.2, 0.25) is 0 Å². The summed E-state index contributed by atoms with van der Waals surface area (Å²) in [5.41, 5.74) is 2.89. The molecule has 0 aromatic heterocycles. The third kappa shape index (κ3) is 2.08. The Balaban J connectivity index is 1.73. The van der Waals surface area contributed by atoms with Crippen LogP contribution in [0.2, 0.25) is 0 Å². The zero-order valence-electron chi connectivity index (χ0n) is 10.3. The molecular weight excluding hydrogens is 208 g/mol. The standard InChI is InChI=1S/C15H20N2/c16-15(13-6-2-3-7-13)17-10-9-12-5-1-4-8-14(12)11-17/h1,4-5,8,13,16H,2-3,6-7,9-11H2. The lowest BCUT2D eigenvalue weighted by Gasteiger charge is -2.33. The van der Waals surface area contributed by atoms with Gasteiger partial charge in [-0.1, -0.05) is 37.1 Å². The van der Waals surface area contributed by atoms with Crippen molar-refractivity contribution in [2.24, 2.45) is 5.92 Å². The van der Waals surface area contributed by atoms with Gasteiger partial charge in [-0.15, -0.1) is 0 Å². The number of benzene rings is 1. The van der Waals surface area contributed by atoms with Crippen LogP contribution in [0.1, 0.15) is 36.8 Å². The van der Waals surface area contributed by atoms with Crippen molar-refractivity contribution in [2.75, 3.05) is 6.54 Å². The molecule has 0 spiro atoms. The third-order valence-electron chi connectivity index (χ3n) is 4.21. The molecule has 2 heteroatoms. The Morgan fingerprint density at radius 3 is 2.59 bits per heavy atom. The maximum Gasteiger partial charge on any atom is 0.0992 e. The molecule has 1 aromatic rings. The van der Waals surface area contributed by atoms with E-state index in [0.29, 0.717) is 5.92 Å². The molecule has 2 nitrogen and oxygen atoms in total. The van der Waals surface area contributed by atoms with Gasteiger partial charge in [-0.05, 0) is 30.4 Å². The molecule has 1 aromatic carbocycles. The Hall–Kier alpha value is -1.31. The van der Waals surface area contributed by atoms with Crippen LogP contribution in [-0.4, -0.2) is 17.3 Å². The second kappa shape index (κ2) is 4.52. The Morgan fingerprint density at radius 1 is 1.12 bits per heavy atom. The van der Waals surface area contributed by atoms with Gasteiger partial charge < -0.3 is 4.90 Å². The van der Waals surface area contributed by atoms with E-state index in [1.54, 1.807) is 0 Å². The maximum atomic E-state index is 8.35. The van der Waals surface area contributed by atoms with Gasteiger partial charge in [0, 0.05) is 19.0 Å². The first kappa shape index (κ1) is 10.8. The summed E-state index contributed by atoms with van der Waals surface area (Å²) in [5, 5.41) is 8.35. The van der Waals surface area contributed by atoms with Gasteiger partial charge in [-0.2, -0.15) is 0 Å². The molecular formula is C15H20N2. The lowest BCUT2D eigenvalue weighted by molar-refractivity contribution is 0.367. The summed E-state index contributed by atoms with van der Waals surface area (Å²) in [6, 6.07) is 8.67. The molecule has 90 valence electrons. The zero-order valence-corrected chi connectivity index (χ0v) is 10.3. The molecule has 0 bridgehead atoms. The van der Waals surface area contributed by atoms with E-state index >= 15 is 0 Å². The maximum absolute atomic E-state index is 8.35. The lowest BCUT2D eigenvalue weighted by Crippen LogP contribution is -2.38. The summed E-state index contributed by atoms with van der Waals surface area (Å²) in [6.45, 7) is 1.98. The van der Waals surface area contributed by atoms with Crippen molar-refractivity contribution in [3.8, 4) is 0 Å². The quantitative estimate of drug-likeness (QED) is 0.580. The highest BCUT2D eigenvalue weighted by molar-refractivity contribution is 5.82. The van der Waals surface area contributed by atoms with Crippen LogP contribution >= 0.6 is 0 Å². The van der Waals surface area contributed by atoms with Gasteiger partial charge >= 0.3 is 0 Å². The molecule has 1 aliphatic heterocycles. The summed E-state index contributed by atoms with van der Waals surface area (Å²) in [5.74, 6) is 1.44. The summed E-state index contributed by atoms with van der Waals surface area (Å²) in [4.78, 5) is 2.29. The number of hydrogen-bond acceptors (Lipinski definition) is 1. The fourth-order valence-electron chi connectivity index (χ4n) is 3.16. The molecule has 0 radical (unpaired) electrons. The smallest absolute Gasteiger partial charge is 0.0992 e. The van der Waals surface area contributed by atoms with Crippen molar-refractivity contribution in [3.05, 3.63) is 35.4 Å². The van der Waals surface area contributed by atoms with Crippen LogP contribution in [0.3, 0.4) is 0 Å². The summed E-state index contributed by atoms with van der Waals surface area (Å²) in [7, 11) is 0. The van der Waals surface area contributed by atoms with Crippen LogP contribution < -0.4 is 0 Å². The molecule has 0 unspecified atom stereocenters. The predicted molar refractivity (Wildman–Crippen MR) is 70.2 cm³/mol. The molecule has 1 heterocycles. The number of fused-ring (bicyclic) bond motifs is 1. The first-order chi connectivity index (χ1) is 8.34.